The Kier molecular flexibility index (Phi) is 3.92. The first-order valence-corrected chi connectivity index (χ1v) is 6.46. The molecule has 0 amide bonds. The molecule has 14 heavy (non-hydrogen) atoms. The molecule has 0 spiro atoms. The van der Waals surface area contributed by atoms with Crippen LogP contribution in [0.5, 0.6) is 0 Å². The summed E-state index contributed by atoms with van der Waals surface area (Å²) >= 11 is 0. The summed E-state index contributed by atoms with van der Waals surface area (Å²) in [6.45, 7) is 3.02. The van der Waals surface area contributed by atoms with Gasteiger partial charge in [0.2, 0.25) is 0 Å². The summed E-state index contributed by atoms with van der Waals surface area (Å²) in [4.78, 5) is 0.111. The minimum atomic E-state index is -3.61. The molecule has 1 rings (SSSR count). The van der Waals surface area contributed by atoms with E-state index in [2.05, 4.69) is 0 Å². The van der Waals surface area contributed by atoms with Crippen molar-refractivity contribution in [2.75, 3.05) is 6.61 Å². The van der Waals surface area contributed by atoms with Gasteiger partial charge in [-0.15, -0.1) is 0 Å². The van der Waals surface area contributed by atoms with Gasteiger partial charge in [-0.25, -0.2) is 8.42 Å². The molecule has 0 fully saturated rings. The summed E-state index contributed by atoms with van der Waals surface area (Å²) in [5, 5.41) is 0. The lowest BCUT2D eigenvalue weighted by Gasteiger charge is -2.01. The lowest BCUT2D eigenvalue weighted by Crippen LogP contribution is -1.94. The van der Waals surface area contributed by atoms with E-state index >= 15 is 0 Å². The molecule has 0 aliphatic rings. The van der Waals surface area contributed by atoms with Crippen molar-refractivity contribution in [1.29, 1.82) is 0 Å². The maximum absolute atomic E-state index is 10.9. The fourth-order valence-electron chi connectivity index (χ4n) is 0.968. The Labute approximate surface area is 88.1 Å². The number of hydrogen-bond donors (Lipinski definition) is 0. The number of benzene rings is 1. The van der Waals surface area contributed by atoms with E-state index in [1.165, 1.54) is 12.1 Å². The molecule has 0 saturated carbocycles. The standard InChI is InChI=1S/C9H11ClO3S/c1-2-13-7-8-3-5-9(6-4-8)14(10,11)12/h3-6H,2,7H2,1H3. The fourth-order valence-corrected chi connectivity index (χ4v) is 1.74. The molecule has 0 aliphatic carbocycles. The number of ether oxygens (including phenoxy) is 1. The molecule has 0 N–H and O–H groups in total. The molecule has 0 aromatic heterocycles. The minimum absolute atomic E-state index is 0.111. The molecular weight excluding hydrogens is 224 g/mol. The summed E-state index contributed by atoms with van der Waals surface area (Å²) in [5.41, 5.74) is 0.927. The van der Waals surface area contributed by atoms with E-state index in [0.29, 0.717) is 13.2 Å². The highest BCUT2D eigenvalue weighted by Gasteiger charge is 2.08. The monoisotopic (exact) mass is 234 g/mol. The summed E-state index contributed by atoms with van der Waals surface area (Å²) in [6.07, 6.45) is 0. The molecule has 1 aromatic carbocycles. The third kappa shape index (κ3) is 3.29. The van der Waals surface area contributed by atoms with Gasteiger partial charge in [-0.2, -0.15) is 0 Å². The van der Waals surface area contributed by atoms with Gasteiger partial charge in [0.05, 0.1) is 11.5 Å². The Morgan fingerprint density at radius 3 is 2.29 bits per heavy atom. The van der Waals surface area contributed by atoms with E-state index in [4.69, 9.17) is 15.4 Å². The molecule has 5 heteroatoms. The third-order valence-corrected chi connectivity index (χ3v) is 3.05. The van der Waals surface area contributed by atoms with Crippen LogP contribution in [0.25, 0.3) is 0 Å². The van der Waals surface area contributed by atoms with E-state index in [-0.39, 0.29) is 4.90 Å². The molecule has 0 radical (unpaired) electrons. The quantitative estimate of drug-likeness (QED) is 0.750. The summed E-state index contributed by atoms with van der Waals surface area (Å²) in [7, 11) is 1.55. The van der Waals surface area contributed by atoms with Crippen LogP contribution < -0.4 is 0 Å². The highest BCUT2D eigenvalue weighted by atomic mass is 35.7. The molecule has 0 heterocycles. The van der Waals surface area contributed by atoms with Crippen molar-refractivity contribution in [1.82, 2.24) is 0 Å². The van der Waals surface area contributed by atoms with Gasteiger partial charge in [0.15, 0.2) is 0 Å². The van der Waals surface area contributed by atoms with Gasteiger partial charge >= 0.3 is 0 Å². The van der Waals surface area contributed by atoms with Crippen molar-refractivity contribution in [3.05, 3.63) is 29.8 Å². The summed E-state index contributed by atoms with van der Waals surface area (Å²) < 4.78 is 26.9. The van der Waals surface area contributed by atoms with Crippen molar-refractivity contribution in [2.45, 2.75) is 18.4 Å². The fraction of sp³-hybridized carbons (Fsp3) is 0.333. The van der Waals surface area contributed by atoms with Gasteiger partial charge in [0.25, 0.3) is 9.05 Å². The molecule has 0 aliphatic heterocycles. The van der Waals surface area contributed by atoms with Gasteiger partial charge in [0, 0.05) is 17.3 Å². The van der Waals surface area contributed by atoms with Crippen LogP contribution in [0.15, 0.2) is 29.2 Å². The van der Waals surface area contributed by atoms with Crippen molar-refractivity contribution >= 4 is 19.7 Å². The lowest BCUT2D eigenvalue weighted by molar-refractivity contribution is 0.134. The largest absolute Gasteiger partial charge is 0.377 e. The van der Waals surface area contributed by atoms with Gasteiger partial charge in [-0.05, 0) is 24.6 Å². The molecule has 1 aromatic rings. The van der Waals surface area contributed by atoms with Crippen LogP contribution in [0.1, 0.15) is 12.5 Å². The predicted octanol–water partition coefficient (Wildman–Crippen LogP) is 2.15. The van der Waals surface area contributed by atoms with Crippen molar-refractivity contribution in [2.24, 2.45) is 0 Å². The SMILES string of the molecule is CCOCc1ccc(S(=O)(=O)Cl)cc1. The average molecular weight is 235 g/mol. The topological polar surface area (TPSA) is 43.4 Å². The molecule has 3 nitrogen and oxygen atoms in total. The van der Waals surface area contributed by atoms with Gasteiger partial charge in [-0.3, -0.25) is 0 Å². The van der Waals surface area contributed by atoms with Crippen molar-refractivity contribution in [3.8, 4) is 0 Å². The average Bonchev–Trinajstić information content (AvgIpc) is 2.14. The van der Waals surface area contributed by atoms with Gasteiger partial charge in [0.1, 0.15) is 0 Å². The highest BCUT2D eigenvalue weighted by molar-refractivity contribution is 8.13. The van der Waals surface area contributed by atoms with E-state index in [1.54, 1.807) is 12.1 Å². The Morgan fingerprint density at radius 2 is 1.86 bits per heavy atom. The van der Waals surface area contributed by atoms with E-state index < -0.39 is 9.05 Å². The summed E-state index contributed by atoms with van der Waals surface area (Å²) in [6, 6.07) is 6.31. The van der Waals surface area contributed by atoms with Gasteiger partial charge < -0.3 is 4.74 Å². The van der Waals surface area contributed by atoms with Crippen LogP contribution in [0.2, 0.25) is 0 Å². The first-order chi connectivity index (χ1) is 6.54. The van der Waals surface area contributed by atoms with E-state index in [1.807, 2.05) is 6.92 Å². The smallest absolute Gasteiger partial charge is 0.261 e. The number of halogens is 1. The zero-order valence-corrected chi connectivity index (χ0v) is 9.31. The van der Waals surface area contributed by atoms with Crippen LogP contribution in [-0.2, 0) is 20.4 Å². The second-order valence-corrected chi connectivity index (χ2v) is 5.28. The molecular formula is C9H11ClO3S. The van der Waals surface area contributed by atoms with Crippen LogP contribution >= 0.6 is 10.7 Å². The Hall–Kier alpha value is -0.580. The maximum atomic E-state index is 10.9. The predicted molar refractivity (Wildman–Crippen MR) is 54.8 cm³/mol. The van der Waals surface area contributed by atoms with Crippen LogP contribution in [0, 0.1) is 0 Å². The third-order valence-electron chi connectivity index (χ3n) is 1.68. The summed E-state index contributed by atoms with van der Waals surface area (Å²) in [5.74, 6) is 0. The second kappa shape index (κ2) is 4.77. The van der Waals surface area contributed by atoms with Crippen LogP contribution in [0.3, 0.4) is 0 Å². The van der Waals surface area contributed by atoms with Crippen molar-refractivity contribution in [3.63, 3.8) is 0 Å². The molecule has 0 saturated heterocycles. The first kappa shape index (κ1) is 11.5. The van der Waals surface area contributed by atoms with E-state index in [9.17, 15) is 8.42 Å². The van der Waals surface area contributed by atoms with E-state index in [0.717, 1.165) is 5.56 Å². The van der Waals surface area contributed by atoms with Crippen LogP contribution in [-0.4, -0.2) is 15.0 Å². The maximum Gasteiger partial charge on any atom is 0.261 e. The molecule has 0 atom stereocenters. The first-order valence-electron chi connectivity index (χ1n) is 4.15. The van der Waals surface area contributed by atoms with Crippen LogP contribution in [0.4, 0.5) is 0 Å². The second-order valence-electron chi connectivity index (χ2n) is 2.72. The zero-order valence-electron chi connectivity index (χ0n) is 7.73. The molecule has 0 unspecified atom stereocenters. The van der Waals surface area contributed by atoms with Crippen molar-refractivity contribution < 1.29 is 13.2 Å². The lowest BCUT2D eigenvalue weighted by atomic mass is 10.2. The molecule has 0 bridgehead atoms. The van der Waals surface area contributed by atoms with Gasteiger partial charge in [-0.1, -0.05) is 12.1 Å². The Bertz CT molecular complexity index is 383. The number of hydrogen-bond acceptors (Lipinski definition) is 3. The normalized spacial score (nSPS) is 11.6. The highest BCUT2D eigenvalue weighted by Crippen LogP contribution is 2.15. The Morgan fingerprint density at radius 1 is 1.29 bits per heavy atom. The molecule has 78 valence electrons. The Balaban J connectivity index is 2.79. The zero-order chi connectivity index (χ0) is 10.6. The number of rotatable bonds is 4. The minimum Gasteiger partial charge on any atom is -0.377 e.